The highest BCUT2D eigenvalue weighted by Crippen LogP contribution is 1.94. The highest BCUT2D eigenvalue weighted by molar-refractivity contribution is 7.03. The number of rotatable bonds is 6. The lowest BCUT2D eigenvalue weighted by Crippen LogP contribution is -2.34. The van der Waals surface area contributed by atoms with Crippen molar-refractivity contribution in [3.63, 3.8) is 0 Å². The van der Waals surface area contributed by atoms with Crippen molar-refractivity contribution in [3.05, 3.63) is 11.1 Å². The van der Waals surface area contributed by atoms with Crippen LogP contribution in [-0.2, 0) is 11.3 Å². The molecule has 0 radical (unpaired) electrons. The van der Waals surface area contributed by atoms with Crippen molar-refractivity contribution in [1.82, 2.24) is 20.2 Å². The van der Waals surface area contributed by atoms with E-state index in [4.69, 9.17) is 0 Å². The second-order valence-electron chi connectivity index (χ2n) is 3.52. The Morgan fingerprint density at radius 3 is 2.93 bits per heavy atom. The van der Waals surface area contributed by atoms with E-state index in [9.17, 15) is 4.79 Å². The zero-order valence-corrected chi connectivity index (χ0v) is 9.80. The van der Waals surface area contributed by atoms with Crippen LogP contribution in [0.3, 0.4) is 0 Å². The first kappa shape index (κ1) is 12.1. The molecule has 0 fully saturated rings. The largest absolute Gasteiger partial charge is 0.355 e. The molecule has 1 aromatic heterocycles. The van der Waals surface area contributed by atoms with Gasteiger partial charge in [0.1, 0.15) is 0 Å². The van der Waals surface area contributed by atoms with Gasteiger partial charge in [0, 0.05) is 30.9 Å². The van der Waals surface area contributed by atoms with Gasteiger partial charge in [-0.1, -0.05) is 18.3 Å². The molecular weight excluding hydrogens is 212 g/mol. The third-order valence-corrected chi connectivity index (χ3v) is 2.39. The Labute approximate surface area is 93.4 Å². The molecule has 0 spiro atoms. The van der Waals surface area contributed by atoms with Crippen LogP contribution in [0.4, 0.5) is 0 Å². The second-order valence-corrected chi connectivity index (χ2v) is 4.13. The second kappa shape index (κ2) is 6.47. The molecule has 0 aliphatic rings. The molecule has 0 saturated heterocycles. The van der Waals surface area contributed by atoms with Gasteiger partial charge in [0.15, 0.2) is 0 Å². The minimum Gasteiger partial charge on any atom is -0.355 e. The van der Waals surface area contributed by atoms with Crippen LogP contribution in [0.5, 0.6) is 0 Å². The molecule has 0 aromatic carbocycles. The maximum atomic E-state index is 11.2. The maximum absolute atomic E-state index is 11.2. The van der Waals surface area contributed by atoms with Crippen molar-refractivity contribution >= 4 is 17.4 Å². The minimum absolute atomic E-state index is 0.0488. The van der Waals surface area contributed by atoms with Gasteiger partial charge in [0.25, 0.3) is 0 Å². The maximum Gasteiger partial charge on any atom is 0.222 e. The average Bonchev–Trinajstić information content (AvgIpc) is 2.69. The highest BCUT2D eigenvalue weighted by Gasteiger charge is 2.04. The Morgan fingerprint density at radius 2 is 2.33 bits per heavy atom. The van der Waals surface area contributed by atoms with Crippen LogP contribution in [0.25, 0.3) is 0 Å². The quantitative estimate of drug-likeness (QED) is 0.692. The lowest BCUT2D eigenvalue weighted by molar-refractivity contribution is -0.123. The summed E-state index contributed by atoms with van der Waals surface area (Å²) in [6, 6.07) is 0. The number of carbonyl (C=O) groups is 1. The average molecular weight is 228 g/mol. The summed E-state index contributed by atoms with van der Waals surface area (Å²) < 4.78 is 3.75. The molecule has 0 aliphatic heterocycles. The molecule has 0 saturated carbocycles. The first-order valence-electron chi connectivity index (χ1n) is 4.94. The molecule has 0 unspecified atom stereocenters. The molecule has 84 valence electrons. The van der Waals surface area contributed by atoms with Gasteiger partial charge in [0.05, 0.1) is 5.69 Å². The molecule has 1 heterocycles. The fraction of sp³-hybridized carbons (Fsp3) is 0.667. The van der Waals surface area contributed by atoms with E-state index in [-0.39, 0.29) is 11.8 Å². The molecular formula is C9H16N4OS. The Kier molecular flexibility index (Phi) is 5.20. The third-order valence-electron chi connectivity index (χ3n) is 1.84. The zero-order chi connectivity index (χ0) is 11.1. The molecule has 1 aromatic rings. The molecule has 15 heavy (non-hydrogen) atoms. The number of nitrogens with one attached hydrogen (secondary N) is 2. The Balaban J connectivity index is 2.00. The standard InChI is InChI=1S/C9H16N4OS/c1-7(2)9(14)11-4-3-10-5-8-6-15-13-12-8/h6-7,10H,3-5H2,1-2H3,(H,11,14). The van der Waals surface area contributed by atoms with Crippen molar-refractivity contribution in [2.24, 2.45) is 5.92 Å². The van der Waals surface area contributed by atoms with Crippen LogP contribution in [0.1, 0.15) is 19.5 Å². The summed E-state index contributed by atoms with van der Waals surface area (Å²) in [5, 5.41) is 11.8. The monoisotopic (exact) mass is 228 g/mol. The fourth-order valence-electron chi connectivity index (χ4n) is 0.956. The molecule has 6 heteroatoms. The van der Waals surface area contributed by atoms with Crippen molar-refractivity contribution in [1.29, 1.82) is 0 Å². The summed E-state index contributed by atoms with van der Waals surface area (Å²) in [5.41, 5.74) is 0.940. The van der Waals surface area contributed by atoms with Gasteiger partial charge >= 0.3 is 0 Å². The lowest BCUT2D eigenvalue weighted by Gasteiger charge is -2.07. The van der Waals surface area contributed by atoms with Crippen LogP contribution in [-0.4, -0.2) is 28.6 Å². The highest BCUT2D eigenvalue weighted by atomic mass is 32.1. The molecule has 0 aliphatic carbocycles. The van der Waals surface area contributed by atoms with Crippen LogP contribution in [0.15, 0.2) is 5.38 Å². The molecule has 5 nitrogen and oxygen atoms in total. The normalized spacial score (nSPS) is 10.6. The lowest BCUT2D eigenvalue weighted by atomic mass is 10.2. The number of hydrogen-bond acceptors (Lipinski definition) is 5. The van der Waals surface area contributed by atoms with Crippen molar-refractivity contribution in [3.8, 4) is 0 Å². The molecule has 0 bridgehead atoms. The van der Waals surface area contributed by atoms with E-state index < -0.39 is 0 Å². The summed E-state index contributed by atoms with van der Waals surface area (Å²) in [6.07, 6.45) is 0. The smallest absolute Gasteiger partial charge is 0.222 e. The van der Waals surface area contributed by atoms with E-state index in [1.165, 1.54) is 11.5 Å². The summed E-state index contributed by atoms with van der Waals surface area (Å²) in [6.45, 7) is 5.85. The van der Waals surface area contributed by atoms with Crippen LogP contribution in [0, 0.1) is 5.92 Å². The summed E-state index contributed by atoms with van der Waals surface area (Å²) >= 11 is 1.34. The first-order chi connectivity index (χ1) is 7.20. The fourth-order valence-corrected chi connectivity index (χ4v) is 1.41. The zero-order valence-electron chi connectivity index (χ0n) is 8.99. The molecule has 1 amide bonds. The van der Waals surface area contributed by atoms with Crippen LogP contribution >= 0.6 is 11.5 Å². The van der Waals surface area contributed by atoms with Gasteiger partial charge in [-0.2, -0.15) is 0 Å². The van der Waals surface area contributed by atoms with Crippen LogP contribution < -0.4 is 10.6 Å². The number of carbonyl (C=O) groups excluding carboxylic acids is 1. The predicted octanol–water partition coefficient (Wildman–Crippen LogP) is 0.400. The van der Waals surface area contributed by atoms with E-state index in [1.807, 2.05) is 19.2 Å². The van der Waals surface area contributed by atoms with Crippen molar-refractivity contribution < 1.29 is 4.79 Å². The van der Waals surface area contributed by atoms with Gasteiger partial charge in [-0.15, -0.1) is 5.10 Å². The van der Waals surface area contributed by atoms with Gasteiger partial charge in [-0.05, 0) is 11.5 Å². The Hall–Kier alpha value is -1.01. The number of hydrogen-bond donors (Lipinski definition) is 2. The third kappa shape index (κ3) is 4.85. The van der Waals surface area contributed by atoms with E-state index in [1.54, 1.807) is 0 Å². The summed E-state index contributed by atoms with van der Waals surface area (Å²) in [7, 11) is 0. The SMILES string of the molecule is CC(C)C(=O)NCCNCc1csnn1. The first-order valence-corrected chi connectivity index (χ1v) is 5.78. The minimum atomic E-state index is 0.0488. The van der Waals surface area contributed by atoms with E-state index in [2.05, 4.69) is 20.2 Å². The molecule has 1 rings (SSSR count). The van der Waals surface area contributed by atoms with Crippen molar-refractivity contribution in [2.45, 2.75) is 20.4 Å². The predicted molar refractivity (Wildman–Crippen MR) is 59.5 cm³/mol. The summed E-state index contributed by atoms with van der Waals surface area (Å²) in [4.78, 5) is 11.2. The van der Waals surface area contributed by atoms with Crippen molar-refractivity contribution in [2.75, 3.05) is 13.1 Å². The molecule has 2 N–H and O–H groups in total. The van der Waals surface area contributed by atoms with E-state index in [0.717, 1.165) is 12.2 Å². The number of amides is 1. The summed E-state index contributed by atoms with van der Waals surface area (Å²) in [5.74, 6) is 0.139. The Bertz CT molecular complexity index is 286. The number of aromatic nitrogens is 2. The van der Waals surface area contributed by atoms with Crippen LogP contribution in [0.2, 0.25) is 0 Å². The van der Waals surface area contributed by atoms with Gasteiger partial charge in [-0.3, -0.25) is 4.79 Å². The van der Waals surface area contributed by atoms with E-state index in [0.29, 0.717) is 13.1 Å². The number of nitrogens with zero attached hydrogens (tertiary/aromatic N) is 2. The topological polar surface area (TPSA) is 66.9 Å². The molecule has 0 atom stereocenters. The van der Waals surface area contributed by atoms with Gasteiger partial charge < -0.3 is 10.6 Å². The Morgan fingerprint density at radius 1 is 1.53 bits per heavy atom. The van der Waals surface area contributed by atoms with Gasteiger partial charge in [0.2, 0.25) is 5.91 Å². The van der Waals surface area contributed by atoms with Gasteiger partial charge in [-0.25, -0.2) is 0 Å². The van der Waals surface area contributed by atoms with E-state index >= 15 is 0 Å².